The molecule has 0 bridgehead atoms. The smallest absolute Gasteiger partial charge is 0.271 e. The Hall–Kier alpha value is -2.24. The van der Waals surface area contributed by atoms with Gasteiger partial charge < -0.3 is 9.88 Å². The van der Waals surface area contributed by atoms with E-state index in [9.17, 15) is 4.79 Å². The fourth-order valence-corrected chi connectivity index (χ4v) is 2.38. The van der Waals surface area contributed by atoms with Gasteiger partial charge in [-0.25, -0.2) is 9.97 Å². The van der Waals surface area contributed by atoms with Gasteiger partial charge in [0.15, 0.2) is 0 Å². The van der Waals surface area contributed by atoms with Crippen LogP contribution in [0.1, 0.15) is 28.4 Å². The summed E-state index contributed by atoms with van der Waals surface area (Å²) in [5, 5.41) is 3.00. The molecular weight excluding hydrogens is 242 g/mol. The molecular formula is C13H15N5O. The first-order chi connectivity index (χ1) is 9.22. The topological polar surface area (TPSA) is 72.7 Å². The zero-order valence-electron chi connectivity index (χ0n) is 10.7. The summed E-state index contributed by atoms with van der Waals surface area (Å²) in [5.41, 5.74) is 1.38. The van der Waals surface area contributed by atoms with Gasteiger partial charge in [-0.1, -0.05) is 0 Å². The van der Waals surface area contributed by atoms with Crippen molar-refractivity contribution < 1.29 is 4.79 Å². The summed E-state index contributed by atoms with van der Waals surface area (Å²) >= 11 is 0. The molecule has 6 nitrogen and oxygen atoms in total. The lowest BCUT2D eigenvalue weighted by atomic mass is 10.1. The third kappa shape index (κ3) is 2.47. The second-order valence-corrected chi connectivity index (χ2v) is 4.75. The Kier molecular flexibility index (Phi) is 2.98. The van der Waals surface area contributed by atoms with Crippen LogP contribution in [0.5, 0.6) is 0 Å². The molecule has 1 atom stereocenters. The van der Waals surface area contributed by atoms with Gasteiger partial charge in [0, 0.05) is 37.6 Å². The number of hydrogen-bond donors (Lipinski definition) is 1. The van der Waals surface area contributed by atoms with E-state index in [0.29, 0.717) is 5.69 Å². The van der Waals surface area contributed by atoms with Crippen LogP contribution >= 0.6 is 0 Å². The van der Waals surface area contributed by atoms with Crippen molar-refractivity contribution in [1.29, 1.82) is 0 Å². The van der Waals surface area contributed by atoms with Crippen LogP contribution in [0.25, 0.3) is 0 Å². The van der Waals surface area contributed by atoms with E-state index in [2.05, 4.69) is 24.8 Å². The molecule has 0 unspecified atom stereocenters. The van der Waals surface area contributed by atoms with Gasteiger partial charge in [-0.2, -0.15) is 0 Å². The van der Waals surface area contributed by atoms with E-state index in [-0.39, 0.29) is 11.9 Å². The summed E-state index contributed by atoms with van der Waals surface area (Å²) in [7, 11) is 0. The van der Waals surface area contributed by atoms with E-state index in [4.69, 9.17) is 0 Å². The molecule has 2 aromatic rings. The van der Waals surface area contributed by atoms with Gasteiger partial charge in [0.1, 0.15) is 11.5 Å². The van der Waals surface area contributed by atoms with E-state index in [1.165, 1.54) is 12.4 Å². The summed E-state index contributed by atoms with van der Waals surface area (Å²) in [4.78, 5) is 24.3. The molecule has 19 heavy (non-hydrogen) atoms. The molecule has 0 radical (unpaired) electrons. The Morgan fingerprint density at radius 1 is 1.47 bits per heavy atom. The summed E-state index contributed by atoms with van der Waals surface area (Å²) in [6.07, 6.45) is 8.37. The third-order valence-corrected chi connectivity index (χ3v) is 3.24. The Balaban J connectivity index is 1.68. The minimum absolute atomic E-state index is 0.121. The number of aromatic nitrogens is 4. The second-order valence-electron chi connectivity index (χ2n) is 4.75. The zero-order valence-corrected chi connectivity index (χ0v) is 10.7. The molecule has 0 spiro atoms. The van der Waals surface area contributed by atoms with Crippen molar-refractivity contribution in [2.75, 3.05) is 0 Å². The predicted octanol–water partition coefficient (Wildman–Crippen LogP) is 0.726. The van der Waals surface area contributed by atoms with Crippen molar-refractivity contribution in [3.8, 4) is 0 Å². The highest BCUT2D eigenvalue weighted by Gasteiger charge is 2.21. The zero-order chi connectivity index (χ0) is 13.2. The number of carbonyl (C=O) groups is 1. The average Bonchev–Trinajstić information content (AvgIpc) is 2.79. The Bertz CT molecular complexity index is 592. The number of carbonyl (C=O) groups excluding carboxylic acids is 1. The van der Waals surface area contributed by atoms with Crippen LogP contribution < -0.4 is 5.32 Å². The lowest BCUT2D eigenvalue weighted by Gasteiger charge is -2.24. The fraction of sp³-hybridized carbons (Fsp3) is 0.385. The highest BCUT2D eigenvalue weighted by molar-refractivity contribution is 5.92. The van der Waals surface area contributed by atoms with Gasteiger partial charge in [-0.3, -0.25) is 9.78 Å². The maximum absolute atomic E-state index is 12.0. The minimum Gasteiger partial charge on any atom is -0.346 e. The van der Waals surface area contributed by atoms with Crippen molar-refractivity contribution >= 4 is 5.91 Å². The van der Waals surface area contributed by atoms with Gasteiger partial charge in [-0.15, -0.1) is 0 Å². The molecule has 98 valence electrons. The van der Waals surface area contributed by atoms with Crippen molar-refractivity contribution in [3.05, 3.63) is 42.0 Å². The van der Waals surface area contributed by atoms with Crippen LogP contribution in [0, 0.1) is 6.92 Å². The number of fused-ring (bicyclic) bond motifs is 1. The SMILES string of the molecule is Cc1cn2c(n1)CC[C@H](NC(=O)c1cnccn1)C2. The van der Waals surface area contributed by atoms with E-state index >= 15 is 0 Å². The number of rotatable bonds is 2. The fourth-order valence-electron chi connectivity index (χ4n) is 2.38. The summed E-state index contributed by atoms with van der Waals surface area (Å²) < 4.78 is 2.11. The number of imidazole rings is 1. The molecule has 0 aliphatic carbocycles. The molecule has 1 aliphatic heterocycles. The molecule has 1 amide bonds. The van der Waals surface area contributed by atoms with Crippen LogP contribution in [-0.4, -0.2) is 31.5 Å². The standard InChI is InChI=1S/C13H15N5O/c1-9-7-18-8-10(2-3-12(18)16-9)17-13(19)11-6-14-4-5-15-11/h4-7,10H,2-3,8H2,1H3,(H,17,19)/t10-/m0/s1. The first-order valence-corrected chi connectivity index (χ1v) is 6.32. The van der Waals surface area contributed by atoms with Crippen molar-refractivity contribution in [2.45, 2.75) is 32.4 Å². The van der Waals surface area contributed by atoms with Gasteiger partial charge in [-0.05, 0) is 13.3 Å². The third-order valence-electron chi connectivity index (χ3n) is 3.24. The molecule has 1 aliphatic rings. The van der Waals surface area contributed by atoms with E-state index in [1.807, 2.05) is 13.1 Å². The van der Waals surface area contributed by atoms with Crippen molar-refractivity contribution in [3.63, 3.8) is 0 Å². The monoisotopic (exact) mass is 257 g/mol. The Morgan fingerprint density at radius 3 is 3.16 bits per heavy atom. The number of nitrogens with one attached hydrogen (secondary N) is 1. The largest absolute Gasteiger partial charge is 0.346 e. The Labute approximate surface area is 110 Å². The molecule has 0 fully saturated rings. The molecule has 1 N–H and O–H groups in total. The van der Waals surface area contributed by atoms with Crippen LogP contribution in [0.4, 0.5) is 0 Å². The molecule has 3 rings (SSSR count). The van der Waals surface area contributed by atoms with E-state index in [0.717, 1.165) is 30.9 Å². The second kappa shape index (κ2) is 4.79. The van der Waals surface area contributed by atoms with E-state index < -0.39 is 0 Å². The average molecular weight is 257 g/mol. The molecule has 0 saturated heterocycles. The first-order valence-electron chi connectivity index (χ1n) is 6.32. The number of aryl methyl sites for hydroxylation is 2. The maximum atomic E-state index is 12.0. The lowest BCUT2D eigenvalue weighted by Crippen LogP contribution is -2.41. The van der Waals surface area contributed by atoms with Gasteiger partial charge in [0.2, 0.25) is 0 Å². The highest BCUT2D eigenvalue weighted by Crippen LogP contribution is 2.15. The molecule has 3 heterocycles. The summed E-state index contributed by atoms with van der Waals surface area (Å²) in [6.45, 7) is 2.75. The molecule has 6 heteroatoms. The van der Waals surface area contributed by atoms with Crippen molar-refractivity contribution in [2.24, 2.45) is 0 Å². The number of nitrogens with zero attached hydrogens (tertiary/aromatic N) is 4. The quantitative estimate of drug-likeness (QED) is 0.860. The van der Waals surface area contributed by atoms with Crippen LogP contribution in [0.3, 0.4) is 0 Å². The van der Waals surface area contributed by atoms with E-state index in [1.54, 1.807) is 6.20 Å². The number of hydrogen-bond acceptors (Lipinski definition) is 4. The van der Waals surface area contributed by atoms with Crippen LogP contribution in [-0.2, 0) is 13.0 Å². The number of amides is 1. The normalized spacial score (nSPS) is 17.8. The summed E-state index contributed by atoms with van der Waals surface area (Å²) in [5.74, 6) is 0.931. The molecule has 2 aromatic heterocycles. The van der Waals surface area contributed by atoms with Gasteiger partial charge >= 0.3 is 0 Å². The van der Waals surface area contributed by atoms with Crippen LogP contribution in [0.15, 0.2) is 24.8 Å². The van der Waals surface area contributed by atoms with Crippen molar-refractivity contribution in [1.82, 2.24) is 24.8 Å². The molecule has 0 saturated carbocycles. The van der Waals surface area contributed by atoms with Gasteiger partial charge in [0.25, 0.3) is 5.91 Å². The predicted molar refractivity (Wildman–Crippen MR) is 68.6 cm³/mol. The molecule has 0 aromatic carbocycles. The van der Waals surface area contributed by atoms with Crippen LogP contribution in [0.2, 0.25) is 0 Å². The first kappa shape index (κ1) is 11.8. The highest BCUT2D eigenvalue weighted by atomic mass is 16.1. The maximum Gasteiger partial charge on any atom is 0.271 e. The Morgan fingerprint density at radius 2 is 2.37 bits per heavy atom. The minimum atomic E-state index is -0.168. The summed E-state index contributed by atoms with van der Waals surface area (Å²) in [6, 6.07) is 0.121. The lowest BCUT2D eigenvalue weighted by molar-refractivity contribution is 0.0922. The van der Waals surface area contributed by atoms with Gasteiger partial charge in [0.05, 0.1) is 11.9 Å².